The van der Waals surface area contributed by atoms with E-state index >= 15 is 0 Å². The third-order valence-corrected chi connectivity index (χ3v) is 19.3. The standard InChI is InChI=1S/C64H105NO16Si2/c1-40-24-20-19-21-25-41(2)52(73-11)36-48-29-27-46(7)64(72,79-48)58(68)59(69)65-31-23-22-26-49(65)60(70)77-53(37-50(66)42(3)33-45(6)56(81-83(16,17)18)57(74-12)55(67)44(5)32-40)43(4)34-47-28-30-51(54(35-47)80-82(13,14)15)78-61(71)63(10)38-75-62(8,9)76-39-63/h19-21,24-25,33,40,42-44,46-49,51-54,56-57,72H,22-23,26-32,34-39H2,1-18H3/b21-19+,24-20+,41-25+,45-33+/t40-,42-,43+,44-,46-,47+,48+,49+,51-,52+,53+,54+,56+,57+,64-/m1/s1. The summed E-state index contributed by atoms with van der Waals surface area (Å²) >= 11 is 0. The molecule has 0 unspecified atom stereocenters. The first kappa shape index (κ1) is 70.3. The van der Waals surface area contributed by atoms with Gasteiger partial charge in [-0.1, -0.05) is 71.1 Å². The van der Waals surface area contributed by atoms with Crippen LogP contribution in [0.2, 0.25) is 39.3 Å². The number of carbonyl (C=O) groups is 6. The highest BCUT2D eigenvalue weighted by molar-refractivity contribution is 6.70. The maximum Gasteiger partial charge on any atom is 0.329 e. The summed E-state index contributed by atoms with van der Waals surface area (Å²) in [5.74, 6) is -9.08. The largest absolute Gasteiger partial charge is 0.460 e. The molecule has 470 valence electrons. The van der Waals surface area contributed by atoms with E-state index in [0.717, 1.165) is 5.57 Å². The number of allylic oxidation sites excluding steroid dienone is 6. The number of esters is 2. The van der Waals surface area contributed by atoms with E-state index in [1.54, 1.807) is 27.9 Å². The van der Waals surface area contributed by atoms with Gasteiger partial charge in [-0.05, 0) is 167 Å². The van der Waals surface area contributed by atoms with Gasteiger partial charge in [0.2, 0.25) is 5.79 Å². The van der Waals surface area contributed by atoms with Crippen molar-refractivity contribution in [1.82, 2.24) is 4.90 Å². The summed E-state index contributed by atoms with van der Waals surface area (Å²) in [7, 11) is -1.43. The normalized spacial score (nSPS) is 37.0. The Kier molecular flexibility index (Phi) is 25.3. The Balaban J connectivity index is 1.51. The second kappa shape index (κ2) is 29.9. The van der Waals surface area contributed by atoms with Crippen LogP contribution >= 0.6 is 0 Å². The van der Waals surface area contributed by atoms with E-state index in [-0.39, 0.29) is 61.9 Å². The molecule has 0 aromatic heterocycles. The number of ether oxygens (including phenoxy) is 7. The van der Waals surface area contributed by atoms with E-state index in [1.807, 2.05) is 97.6 Å². The number of aliphatic hydroxyl groups is 1. The van der Waals surface area contributed by atoms with Crippen LogP contribution in [0, 0.1) is 40.9 Å². The predicted molar refractivity (Wildman–Crippen MR) is 323 cm³/mol. The van der Waals surface area contributed by atoms with Crippen molar-refractivity contribution in [3.63, 3.8) is 0 Å². The van der Waals surface area contributed by atoms with E-state index in [4.69, 9.17) is 42.0 Å². The number of amides is 1. The van der Waals surface area contributed by atoms with Gasteiger partial charge < -0.3 is 52.0 Å². The minimum atomic E-state index is -2.46. The summed E-state index contributed by atoms with van der Waals surface area (Å²) in [4.78, 5) is 88.3. The lowest BCUT2D eigenvalue weighted by atomic mass is 9.78. The first-order valence-corrected chi connectivity index (χ1v) is 37.5. The quantitative estimate of drug-likeness (QED) is 0.0883. The number of nitrogens with zero attached hydrogens (tertiary/aromatic N) is 1. The van der Waals surface area contributed by atoms with E-state index in [9.17, 15) is 33.9 Å². The smallest absolute Gasteiger partial charge is 0.329 e. The molecule has 4 heterocycles. The lowest BCUT2D eigenvalue weighted by molar-refractivity contribution is -0.283. The Labute approximate surface area is 498 Å². The highest BCUT2D eigenvalue weighted by Gasteiger charge is 2.54. The van der Waals surface area contributed by atoms with Crippen molar-refractivity contribution < 1.29 is 75.9 Å². The highest BCUT2D eigenvalue weighted by Crippen LogP contribution is 2.40. The molecule has 0 aromatic rings. The molecule has 3 saturated heterocycles. The van der Waals surface area contributed by atoms with E-state index in [1.165, 1.54) is 12.0 Å². The SMILES string of the molecule is CO[C@H]1C[C@@H]2CC[C@@H](C)[C@@](O)(O2)C(=O)C(=O)N2CCCC[C@H]2C(=O)O[C@H]([C@@H](C)C[C@@H]2CC[C@@H](OC(=O)C3(C)COC(C)(C)OC3)[C@@H](O[Si](C)(C)C)C2)CC(=O)[C@H](C)/C=C(\C)[C@H](O[Si](C)(C)C)[C@@H](OC)C(=O)[C@H](C)C[C@H](C)/C=C/C=C/C=C/1C. The summed E-state index contributed by atoms with van der Waals surface area (Å²) < 4.78 is 56.3. The van der Waals surface area contributed by atoms with Crippen LogP contribution in [0.25, 0.3) is 0 Å². The fourth-order valence-corrected chi connectivity index (χ4v) is 14.5. The number of rotatable bonds is 11. The van der Waals surface area contributed by atoms with E-state index in [2.05, 4.69) is 26.6 Å². The molecule has 5 aliphatic rings. The van der Waals surface area contributed by atoms with Crippen molar-refractivity contribution in [2.75, 3.05) is 34.0 Å². The van der Waals surface area contributed by atoms with E-state index < -0.39 is 124 Å². The molecule has 1 N–H and O–H groups in total. The van der Waals surface area contributed by atoms with Crippen molar-refractivity contribution in [1.29, 1.82) is 0 Å². The van der Waals surface area contributed by atoms with Crippen molar-refractivity contribution in [3.05, 3.63) is 47.6 Å². The molecule has 4 fully saturated rings. The fourth-order valence-electron chi connectivity index (χ4n) is 12.2. The number of Topliss-reactive ketones (excluding diaryl/α,β-unsaturated/α-hetero) is 3. The lowest BCUT2D eigenvalue weighted by Gasteiger charge is -2.43. The molecule has 2 bridgehead atoms. The van der Waals surface area contributed by atoms with Crippen molar-refractivity contribution in [2.24, 2.45) is 40.9 Å². The number of hydrogen-bond acceptors (Lipinski definition) is 16. The Bertz CT molecular complexity index is 2360. The molecule has 83 heavy (non-hydrogen) atoms. The number of fused-ring (bicyclic) bond motifs is 3. The van der Waals surface area contributed by atoms with Gasteiger partial charge in [-0.3, -0.25) is 24.0 Å². The molecule has 19 heteroatoms. The molecular weight excluding hydrogens is 1090 g/mol. The molecule has 0 radical (unpaired) electrons. The van der Waals surface area contributed by atoms with Crippen molar-refractivity contribution >= 4 is 51.8 Å². The zero-order valence-electron chi connectivity index (χ0n) is 53.7. The number of hydrogen-bond donors (Lipinski definition) is 1. The highest BCUT2D eigenvalue weighted by atomic mass is 28.4. The van der Waals surface area contributed by atoms with Gasteiger partial charge in [0, 0.05) is 51.4 Å². The van der Waals surface area contributed by atoms with Crippen LogP contribution in [0.3, 0.4) is 0 Å². The summed E-state index contributed by atoms with van der Waals surface area (Å²) in [5, 5.41) is 12.2. The molecule has 0 spiro atoms. The maximum absolute atomic E-state index is 14.9. The van der Waals surface area contributed by atoms with Crippen LogP contribution < -0.4 is 0 Å². The average Bonchev–Trinajstić information content (AvgIpc) is 2.33. The fraction of sp³-hybridized carbons (Fsp3) is 0.781. The zero-order chi connectivity index (χ0) is 62.0. The minimum Gasteiger partial charge on any atom is -0.460 e. The molecular formula is C64H105NO16Si2. The summed E-state index contributed by atoms with van der Waals surface area (Å²) in [6.07, 6.45) is 12.1. The monoisotopic (exact) mass is 1200 g/mol. The molecule has 4 aliphatic heterocycles. The summed E-state index contributed by atoms with van der Waals surface area (Å²) in [5.41, 5.74) is 0.556. The van der Waals surface area contributed by atoms with Crippen LogP contribution in [0.1, 0.15) is 146 Å². The lowest BCUT2D eigenvalue weighted by Crippen LogP contribution is -2.61. The summed E-state index contributed by atoms with van der Waals surface area (Å²) in [6.45, 7) is 31.4. The van der Waals surface area contributed by atoms with Gasteiger partial charge in [0.15, 0.2) is 28.2 Å². The Hall–Kier alpha value is -3.51. The topological polar surface area (TPSA) is 209 Å². The molecule has 5 rings (SSSR count). The third kappa shape index (κ3) is 19.8. The van der Waals surface area contributed by atoms with E-state index in [0.29, 0.717) is 69.8 Å². The van der Waals surface area contributed by atoms with Gasteiger partial charge in [-0.2, -0.15) is 0 Å². The molecule has 1 amide bonds. The summed E-state index contributed by atoms with van der Waals surface area (Å²) in [6, 6.07) is -1.17. The van der Waals surface area contributed by atoms with Gasteiger partial charge in [0.25, 0.3) is 11.7 Å². The second-order valence-corrected chi connectivity index (χ2v) is 36.6. The number of ketones is 3. The van der Waals surface area contributed by atoms with Crippen LogP contribution in [0.5, 0.6) is 0 Å². The van der Waals surface area contributed by atoms with Gasteiger partial charge in [0.05, 0.1) is 37.6 Å². The molecule has 1 saturated carbocycles. The molecule has 1 aliphatic carbocycles. The Morgan fingerprint density at radius 2 is 1.45 bits per heavy atom. The number of methoxy groups -OCH3 is 2. The van der Waals surface area contributed by atoms with Gasteiger partial charge in [-0.25, -0.2) is 4.79 Å². The molecule has 15 atom stereocenters. The average molecular weight is 1200 g/mol. The first-order valence-electron chi connectivity index (χ1n) is 30.7. The van der Waals surface area contributed by atoms with Crippen LogP contribution in [-0.4, -0.2) is 156 Å². The number of carbonyl (C=O) groups excluding carboxylic acids is 6. The molecule has 17 nitrogen and oxygen atoms in total. The second-order valence-electron chi connectivity index (χ2n) is 27.7. The first-order chi connectivity index (χ1) is 38.6. The number of piperidine rings is 1. The number of cyclic esters (lactones) is 1. The Morgan fingerprint density at radius 3 is 2.07 bits per heavy atom. The van der Waals surface area contributed by atoms with Crippen molar-refractivity contribution in [3.8, 4) is 0 Å². The maximum atomic E-state index is 14.9. The Morgan fingerprint density at radius 1 is 0.783 bits per heavy atom. The van der Waals surface area contributed by atoms with Gasteiger partial charge in [0.1, 0.15) is 35.6 Å². The molecule has 0 aromatic carbocycles. The van der Waals surface area contributed by atoms with Crippen LogP contribution in [-0.2, 0) is 70.8 Å². The predicted octanol–water partition coefficient (Wildman–Crippen LogP) is 10.6. The van der Waals surface area contributed by atoms with Crippen LogP contribution in [0.4, 0.5) is 0 Å². The van der Waals surface area contributed by atoms with Crippen molar-refractivity contribution in [2.45, 2.75) is 246 Å². The minimum absolute atomic E-state index is 0.0229. The zero-order valence-corrected chi connectivity index (χ0v) is 55.7. The van der Waals surface area contributed by atoms with Crippen LogP contribution in [0.15, 0.2) is 47.6 Å². The van der Waals surface area contributed by atoms with Gasteiger partial charge >= 0.3 is 11.9 Å². The van der Waals surface area contributed by atoms with Gasteiger partial charge in [-0.15, -0.1) is 0 Å². The third-order valence-electron chi connectivity index (χ3n) is 17.3.